The van der Waals surface area contributed by atoms with Crippen molar-refractivity contribution in [2.75, 3.05) is 6.61 Å². The lowest BCUT2D eigenvalue weighted by Crippen LogP contribution is -2.14. The predicted molar refractivity (Wildman–Crippen MR) is 129 cm³/mol. The van der Waals surface area contributed by atoms with E-state index in [4.69, 9.17) is 4.55 Å². The molecule has 0 aliphatic rings. The molecule has 1 N–H and O–H groups in total. The maximum Gasteiger partial charge on any atom is 0.397 e. The van der Waals surface area contributed by atoms with Crippen molar-refractivity contribution in [1.29, 1.82) is 0 Å². The van der Waals surface area contributed by atoms with E-state index in [0.29, 0.717) is 0 Å². The van der Waals surface area contributed by atoms with E-state index in [2.05, 4.69) is 18.0 Å². The number of hydrogen-bond donors (Lipinski definition) is 1. The highest BCUT2D eigenvalue weighted by molar-refractivity contribution is 7.80. The zero-order valence-electron chi connectivity index (χ0n) is 20.2. The van der Waals surface area contributed by atoms with Gasteiger partial charge in [-0.25, -0.2) is 4.18 Å². The summed E-state index contributed by atoms with van der Waals surface area (Å²) in [4.78, 5) is 0. The second-order valence-electron chi connectivity index (χ2n) is 9.17. The molecule has 0 rings (SSSR count). The van der Waals surface area contributed by atoms with Gasteiger partial charge in [-0.2, -0.15) is 8.42 Å². The van der Waals surface area contributed by atoms with Crippen LogP contribution in [0.5, 0.6) is 0 Å². The summed E-state index contributed by atoms with van der Waals surface area (Å²) in [5, 5.41) is 0. The van der Waals surface area contributed by atoms with Crippen LogP contribution in [0.1, 0.15) is 149 Å². The van der Waals surface area contributed by atoms with Crippen molar-refractivity contribution in [3.63, 3.8) is 0 Å². The molecule has 30 heavy (non-hydrogen) atoms. The van der Waals surface area contributed by atoms with Gasteiger partial charge in [0.15, 0.2) is 0 Å². The summed E-state index contributed by atoms with van der Waals surface area (Å²) in [5.41, 5.74) is 0. The maximum absolute atomic E-state index is 10.9. The first kappa shape index (κ1) is 29.9. The molecule has 1 unspecified atom stereocenters. The second-order valence-corrected chi connectivity index (χ2v) is 10.3. The molecule has 0 radical (unpaired) electrons. The van der Waals surface area contributed by atoms with E-state index in [1.165, 1.54) is 109 Å². The molecule has 0 aromatic heterocycles. The van der Waals surface area contributed by atoms with Crippen LogP contribution in [0.25, 0.3) is 0 Å². The molecule has 0 aliphatic carbocycles. The fraction of sp³-hybridized carbons (Fsp3) is 1.00. The summed E-state index contributed by atoms with van der Waals surface area (Å²) >= 11 is 0. The fourth-order valence-corrected chi connectivity index (χ4v) is 4.52. The summed E-state index contributed by atoms with van der Waals surface area (Å²) in [7, 11) is -4.32. The van der Waals surface area contributed by atoms with E-state index < -0.39 is 10.4 Å². The van der Waals surface area contributed by atoms with Gasteiger partial charge < -0.3 is 0 Å². The molecule has 0 aromatic carbocycles. The summed E-state index contributed by atoms with van der Waals surface area (Å²) in [6, 6.07) is 0. The molecule has 0 fully saturated rings. The summed E-state index contributed by atoms with van der Waals surface area (Å²) in [6.07, 6.45) is 26.8. The van der Waals surface area contributed by atoms with Gasteiger partial charge in [-0.05, 0) is 18.8 Å². The van der Waals surface area contributed by atoms with E-state index in [1.54, 1.807) is 0 Å². The molecule has 0 aromatic rings. The van der Waals surface area contributed by atoms with Crippen LogP contribution in [0.2, 0.25) is 0 Å². The Morgan fingerprint density at radius 2 is 0.867 bits per heavy atom. The second kappa shape index (κ2) is 22.1. The molecular weight excluding hydrogens is 396 g/mol. The molecule has 0 heterocycles. The smallest absolute Gasteiger partial charge is 0.264 e. The van der Waals surface area contributed by atoms with Gasteiger partial charge in [-0.15, -0.1) is 0 Å². The molecule has 0 saturated heterocycles. The van der Waals surface area contributed by atoms with Gasteiger partial charge in [0.05, 0.1) is 6.61 Å². The molecular formula is C25H52O4S. The van der Waals surface area contributed by atoms with Gasteiger partial charge in [0.1, 0.15) is 0 Å². The molecule has 0 amide bonds. The van der Waals surface area contributed by atoms with Crippen molar-refractivity contribution in [3.8, 4) is 0 Å². The molecule has 0 spiro atoms. The fourth-order valence-electron chi connectivity index (χ4n) is 4.16. The minimum atomic E-state index is -4.32. The van der Waals surface area contributed by atoms with Crippen molar-refractivity contribution >= 4 is 10.4 Å². The summed E-state index contributed by atoms with van der Waals surface area (Å²) in [5.74, 6) is 0.241. The van der Waals surface area contributed by atoms with E-state index in [1.807, 2.05) is 0 Å². The monoisotopic (exact) mass is 448 g/mol. The zero-order valence-corrected chi connectivity index (χ0v) is 21.0. The van der Waals surface area contributed by atoms with Gasteiger partial charge in [0, 0.05) is 0 Å². The van der Waals surface area contributed by atoms with Crippen LogP contribution >= 0.6 is 0 Å². The molecule has 1 atom stereocenters. The van der Waals surface area contributed by atoms with Crippen molar-refractivity contribution in [1.82, 2.24) is 0 Å². The Balaban J connectivity index is 3.70. The van der Waals surface area contributed by atoms with E-state index in [0.717, 1.165) is 25.7 Å². The van der Waals surface area contributed by atoms with Crippen molar-refractivity contribution in [2.24, 2.45) is 5.92 Å². The zero-order chi connectivity index (χ0) is 22.3. The quantitative estimate of drug-likeness (QED) is 0.118. The molecule has 182 valence electrons. The predicted octanol–water partition coefficient (Wildman–Crippen LogP) is 8.65. The molecule has 5 heteroatoms. The topological polar surface area (TPSA) is 63.6 Å². The van der Waals surface area contributed by atoms with Crippen LogP contribution in [0, 0.1) is 5.92 Å². The van der Waals surface area contributed by atoms with Crippen LogP contribution in [-0.2, 0) is 14.6 Å². The van der Waals surface area contributed by atoms with E-state index in [-0.39, 0.29) is 12.5 Å². The highest BCUT2D eigenvalue weighted by atomic mass is 32.3. The number of rotatable bonds is 24. The third-order valence-electron chi connectivity index (χ3n) is 6.13. The Kier molecular flexibility index (Phi) is 22.0. The maximum atomic E-state index is 10.9. The average molecular weight is 449 g/mol. The standard InChI is InChI=1S/C25H52O4S/c1-3-5-7-9-11-12-13-14-15-16-17-19-21-23-25(24-29-30(26,27)28)22-20-18-10-8-6-4-2/h25H,3-24H2,1-2H3,(H,26,27,28). The van der Waals surface area contributed by atoms with Crippen LogP contribution in [-0.4, -0.2) is 19.6 Å². The highest BCUT2D eigenvalue weighted by Gasteiger charge is 2.13. The van der Waals surface area contributed by atoms with Crippen molar-refractivity contribution in [2.45, 2.75) is 149 Å². The lowest BCUT2D eigenvalue weighted by Gasteiger charge is -2.16. The Hall–Kier alpha value is -0.130. The molecule has 0 aliphatic heterocycles. The van der Waals surface area contributed by atoms with Gasteiger partial charge in [0.2, 0.25) is 0 Å². The molecule has 0 saturated carbocycles. The molecule has 4 nitrogen and oxygen atoms in total. The molecule has 0 bridgehead atoms. The Morgan fingerprint density at radius 3 is 1.17 bits per heavy atom. The Morgan fingerprint density at radius 1 is 0.567 bits per heavy atom. The van der Waals surface area contributed by atoms with Crippen molar-refractivity contribution < 1.29 is 17.2 Å². The average Bonchev–Trinajstić information content (AvgIpc) is 2.70. The summed E-state index contributed by atoms with van der Waals surface area (Å²) < 4.78 is 35.4. The normalized spacial score (nSPS) is 13.0. The largest absolute Gasteiger partial charge is 0.397 e. The highest BCUT2D eigenvalue weighted by Crippen LogP contribution is 2.20. The van der Waals surface area contributed by atoms with Crippen LogP contribution in [0.3, 0.4) is 0 Å². The lowest BCUT2D eigenvalue weighted by molar-refractivity contribution is 0.204. The Labute approximate surface area is 188 Å². The van der Waals surface area contributed by atoms with Gasteiger partial charge in [0.25, 0.3) is 0 Å². The van der Waals surface area contributed by atoms with Gasteiger partial charge in [-0.1, -0.05) is 136 Å². The van der Waals surface area contributed by atoms with Gasteiger partial charge >= 0.3 is 10.4 Å². The van der Waals surface area contributed by atoms with Crippen molar-refractivity contribution in [3.05, 3.63) is 0 Å². The third kappa shape index (κ3) is 24.1. The van der Waals surface area contributed by atoms with Crippen LogP contribution < -0.4 is 0 Å². The minimum absolute atomic E-state index is 0.131. The Bertz CT molecular complexity index is 436. The summed E-state index contributed by atoms with van der Waals surface area (Å²) in [6.45, 7) is 4.62. The number of hydrogen-bond acceptors (Lipinski definition) is 3. The lowest BCUT2D eigenvalue weighted by atomic mass is 9.95. The third-order valence-corrected chi connectivity index (χ3v) is 6.57. The van der Waals surface area contributed by atoms with Gasteiger partial charge in [-0.3, -0.25) is 4.55 Å². The van der Waals surface area contributed by atoms with Crippen LogP contribution in [0.4, 0.5) is 0 Å². The minimum Gasteiger partial charge on any atom is -0.264 e. The van der Waals surface area contributed by atoms with E-state index in [9.17, 15) is 8.42 Å². The first-order chi connectivity index (χ1) is 14.5. The van der Waals surface area contributed by atoms with Crippen LogP contribution in [0.15, 0.2) is 0 Å². The SMILES string of the molecule is CCCCCCCCCCCCCCCC(CCCCCCCC)COS(=O)(=O)O. The number of unbranched alkanes of at least 4 members (excludes halogenated alkanes) is 17. The first-order valence-electron chi connectivity index (χ1n) is 13.1. The van der Waals surface area contributed by atoms with E-state index >= 15 is 0 Å². The first-order valence-corrected chi connectivity index (χ1v) is 14.5.